The van der Waals surface area contributed by atoms with E-state index in [1.807, 2.05) is 60.7 Å². The summed E-state index contributed by atoms with van der Waals surface area (Å²) in [7, 11) is 0. The summed E-state index contributed by atoms with van der Waals surface area (Å²) in [4.78, 5) is 25.8. The Morgan fingerprint density at radius 1 is 0.946 bits per heavy atom. The third-order valence-corrected chi connectivity index (χ3v) is 6.47. The number of aromatic nitrogens is 1. The van der Waals surface area contributed by atoms with Gasteiger partial charge in [-0.25, -0.2) is 0 Å². The number of carbonyl (C=O) groups excluding carboxylic acids is 2. The first kappa shape index (κ1) is 26.1. The zero-order valence-electron chi connectivity index (χ0n) is 19.7. The number of para-hydroxylation sites is 1. The van der Waals surface area contributed by atoms with Crippen molar-refractivity contribution in [2.45, 2.75) is 19.2 Å². The first-order valence-corrected chi connectivity index (χ1v) is 12.7. The summed E-state index contributed by atoms with van der Waals surface area (Å²) < 4.78 is 13.2. The monoisotopic (exact) mass is 535 g/mol. The van der Waals surface area contributed by atoms with E-state index in [-0.39, 0.29) is 25.6 Å². The SMILES string of the molecule is O=C(Cn1c(O)csc1=S)NC(COCc1ccccc1)C(=O)Nc1ccc(Oc2ccccc2)cc1. The first-order chi connectivity index (χ1) is 18.0. The number of ether oxygens (including phenoxy) is 2. The highest BCUT2D eigenvalue weighted by molar-refractivity contribution is 7.73. The van der Waals surface area contributed by atoms with Gasteiger partial charge in [-0.05, 0) is 54.2 Å². The zero-order valence-corrected chi connectivity index (χ0v) is 21.3. The molecule has 0 spiro atoms. The van der Waals surface area contributed by atoms with Gasteiger partial charge in [0.1, 0.15) is 24.1 Å². The standard InChI is InChI=1S/C27H25N3O5S2/c31-24(15-30-25(32)18-37-27(30)36)29-23(17-34-16-19-7-3-1-4-8-19)26(33)28-20-11-13-22(14-12-20)35-21-9-5-2-6-10-21/h1-14,18,23,32H,15-17H2,(H,28,33)(H,29,31). The second kappa shape index (κ2) is 12.8. The topological polar surface area (TPSA) is 102 Å². The number of carbonyl (C=O) groups is 2. The van der Waals surface area contributed by atoms with Crippen LogP contribution in [0.5, 0.6) is 17.4 Å². The number of anilines is 1. The molecular weight excluding hydrogens is 510 g/mol. The van der Waals surface area contributed by atoms with Crippen LogP contribution in [0.15, 0.2) is 90.3 Å². The van der Waals surface area contributed by atoms with E-state index >= 15 is 0 Å². The van der Waals surface area contributed by atoms with E-state index in [4.69, 9.17) is 21.7 Å². The van der Waals surface area contributed by atoms with Crippen molar-refractivity contribution in [3.05, 3.63) is 99.8 Å². The molecule has 2 amide bonds. The number of nitrogens with one attached hydrogen (secondary N) is 2. The normalized spacial score (nSPS) is 11.5. The second-order valence-corrected chi connectivity index (χ2v) is 9.50. The van der Waals surface area contributed by atoms with E-state index in [1.165, 1.54) is 9.95 Å². The minimum absolute atomic E-state index is 0.0529. The van der Waals surface area contributed by atoms with Crippen LogP contribution in [0.4, 0.5) is 5.69 Å². The number of rotatable bonds is 11. The Hall–Kier alpha value is -3.99. The molecule has 1 unspecified atom stereocenters. The summed E-state index contributed by atoms with van der Waals surface area (Å²) in [5, 5.41) is 16.9. The Balaban J connectivity index is 1.40. The van der Waals surface area contributed by atoms with Crippen LogP contribution in [0.3, 0.4) is 0 Å². The number of nitrogens with zero attached hydrogens (tertiary/aromatic N) is 1. The van der Waals surface area contributed by atoms with Crippen LogP contribution >= 0.6 is 23.6 Å². The van der Waals surface area contributed by atoms with Crippen LogP contribution in [0.25, 0.3) is 0 Å². The average molecular weight is 536 g/mol. The number of benzene rings is 3. The molecule has 1 heterocycles. The fourth-order valence-corrected chi connectivity index (χ4v) is 4.29. The zero-order chi connectivity index (χ0) is 26.0. The van der Waals surface area contributed by atoms with Crippen molar-refractivity contribution in [3.63, 3.8) is 0 Å². The quantitative estimate of drug-likeness (QED) is 0.231. The van der Waals surface area contributed by atoms with Gasteiger partial charge in [-0.1, -0.05) is 48.5 Å². The molecule has 0 aliphatic carbocycles. The highest BCUT2D eigenvalue weighted by Gasteiger charge is 2.22. The predicted molar refractivity (Wildman–Crippen MR) is 144 cm³/mol. The van der Waals surface area contributed by atoms with Gasteiger partial charge in [0, 0.05) is 5.69 Å². The average Bonchev–Trinajstić information content (AvgIpc) is 3.22. The molecule has 37 heavy (non-hydrogen) atoms. The summed E-state index contributed by atoms with van der Waals surface area (Å²) >= 11 is 6.29. The summed E-state index contributed by atoms with van der Waals surface area (Å²) in [5.74, 6) is 0.280. The maximum absolute atomic E-state index is 13.1. The molecular formula is C27H25N3O5S2. The third kappa shape index (κ3) is 7.74. The second-order valence-electron chi connectivity index (χ2n) is 8.00. The van der Waals surface area contributed by atoms with Crippen LogP contribution < -0.4 is 15.4 Å². The smallest absolute Gasteiger partial charge is 0.249 e. The summed E-state index contributed by atoms with van der Waals surface area (Å²) in [5.41, 5.74) is 1.47. The van der Waals surface area contributed by atoms with Crippen LogP contribution in [0.2, 0.25) is 0 Å². The van der Waals surface area contributed by atoms with Crippen LogP contribution in [-0.2, 0) is 27.5 Å². The third-order valence-electron chi connectivity index (χ3n) is 5.21. The molecule has 4 aromatic rings. The number of hydrogen-bond acceptors (Lipinski definition) is 7. The van der Waals surface area contributed by atoms with Gasteiger partial charge < -0.3 is 25.2 Å². The molecule has 0 saturated carbocycles. The van der Waals surface area contributed by atoms with Crippen molar-refractivity contribution in [1.29, 1.82) is 0 Å². The molecule has 8 nitrogen and oxygen atoms in total. The molecule has 1 atom stereocenters. The predicted octanol–water partition coefficient (Wildman–Crippen LogP) is 5.12. The minimum atomic E-state index is -0.980. The van der Waals surface area contributed by atoms with Gasteiger partial charge in [0.15, 0.2) is 3.95 Å². The molecule has 10 heteroatoms. The van der Waals surface area contributed by atoms with Gasteiger partial charge in [-0.3, -0.25) is 14.2 Å². The molecule has 3 N–H and O–H groups in total. The Morgan fingerprint density at radius 3 is 2.24 bits per heavy atom. The lowest BCUT2D eigenvalue weighted by Crippen LogP contribution is -2.47. The summed E-state index contributed by atoms with van der Waals surface area (Å²) in [6, 6.07) is 24.8. The van der Waals surface area contributed by atoms with Crippen molar-refractivity contribution >= 4 is 41.1 Å². The molecule has 0 saturated heterocycles. The number of amides is 2. The van der Waals surface area contributed by atoms with Gasteiger partial charge in [-0.2, -0.15) is 0 Å². The summed E-state index contributed by atoms with van der Waals surface area (Å²) in [6.45, 7) is 0.00717. The van der Waals surface area contributed by atoms with E-state index in [0.717, 1.165) is 16.9 Å². The lowest BCUT2D eigenvalue weighted by atomic mass is 10.2. The van der Waals surface area contributed by atoms with E-state index < -0.39 is 17.9 Å². The fourth-order valence-electron chi connectivity index (χ4n) is 3.37. The van der Waals surface area contributed by atoms with E-state index in [9.17, 15) is 14.7 Å². The molecule has 1 aromatic heterocycles. The van der Waals surface area contributed by atoms with Gasteiger partial charge in [0.25, 0.3) is 0 Å². The van der Waals surface area contributed by atoms with Crippen molar-refractivity contribution in [1.82, 2.24) is 9.88 Å². The maximum atomic E-state index is 13.1. The lowest BCUT2D eigenvalue weighted by molar-refractivity contribution is -0.128. The lowest BCUT2D eigenvalue weighted by Gasteiger charge is -2.19. The number of hydrogen-bond donors (Lipinski definition) is 3. The van der Waals surface area contributed by atoms with Crippen LogP contribution in [0, 0.1) is 3.95 Å². The molecule has 4 rings (SSSR count). The van der Waals surface area contributed by atoms with Crippen LogP contribution in [-0.4, -0.2) is 34.1 Å². The Bertz CT molecular complexity index is 1370. The van der Waals surface area contributed by atoms with E-state index in [0.29, 0.717) is 21.1 Å². The van der Waals surface area contributed by atoms with Crippen molar-refractivity contribution in [2.24, 2.45) is 0 Å². The van der Waals surface area contributed by atoms with Gasteiger partial charge in [-0.15, -0.1) is 11.3 Å². The largest absolute Gasteiger partial charge is 0.494 e. The highest BCUT2D eigenvalue weighted by atomic mass is 32.1. The number of aromatic hydroxyl groups is 1. The van der Waals surface area contributed by atoms with E-state index in [1.54, 1.807) is 24.3 Å². The fraction of sp³-hybridized carbons (Fsp3) is 0.148. The van der Waals surface area contributed by atoms with Gasteiger partial charge in [0.05, 0.1) is 18.6 Å². The summed E-state index contributed by atoms with van der Waals surface area (Å²) in [6.07, 6.45) is 0. The van der Waals surface area contributed by atoms with Gasteiger partial charge >= 0.3 is 0 Å². The minimum Gasteiger partial charge on any atom is -0.494 e. The molecule has 0 radical (unpaired) electrons. The Morgan fingerprint density at radius 2 is 1.59 bits per heavy atom. The van der Waals surface area contributed by atoms with Crippen molar-refractivity contribution in [3.8, 4) is 17.4 Å². The Kier molecular flexibility index (Phi) is 9.03. The maximum Gasteiger partial charge on any atom is 0.249 e. The first-order valence-electron chi connectivity index (χ1n) is 11.4. The molecule has 190 valence electrons. The number of thiazole rings is 1. The molecule has 3 aromatic carbocycles. The van der Waals surface area contributed by atoms with Crippen molar-refractivity contribution in [2.75, 3.05) is 11.9 Å². The molecule has 0 aliphatic heterocycles. The van der Waals surface area contributed by atoms with Crippen LogP contribution in [0.1, 0.15) is 5.56 Å². The highest BCUT2D eigenvalue weighted by Crippen LogP contribution is 2.23. The molecule has 0 bridgehead atoms. The Labute approximate surface area is 223 Å². The van der Waals surface area contributed by atoms with E-state index in [2.05, 4.69) is 10.6 Å². The van der Waals surface area contributed by atoms with Crippen molar-refractivity contribution < 1.29 is 24.2 Å². The molecule has 0 fully saturated rings. The molecule has 0 aliphatic rings. The van der Waals surface area contributed by atoms with Gasteiger partial charge in [0.2, 0.25) is 17.7 Å².